The summed E-state index contributed by atoms with van der Waals surface area (Å²) in [6.45, 7) is 2.23. The predicted molar refractivity (Wildman–Crippen MR) is 118 cm³/mol. The molecule has 0 bridgehead atoms. The monoisotopic (exact) mass is 511 g/mol. The molecule has 0 saturated heterocycles. The summed E-state index contributed by atoms with van der Waals surface area (Å²) in [7, 11) is -3.58. The Morgan fingerprint density at radius 2 is 2.00 bits per heavy atom. The molecule has 1 aliphatic rings. The zero-order valence-electron chi connectivity index (χ0n) is 18.5. The Kier molecular flexibility index (Phi) is 6.54. The van der Waals surface area contributed by atoms with Gasteiger partial charge in [0, 0.05) is 18.4 Å². The van der Waals surface area contributed by atoms with Crippen LogP contribution in [0, 0.1) is 5.82 Å². The number of nitrogens with zero attached hydrogens (tertiary/aromatic N) is 3. The molecule has 0 aliphatic carbocycles. The number of alkyl halides is 3. The number of amides is 1. The second kappa shape index (κ2) is 9.29. The van der Waals surface area contributed by atoms with E-state index in [9.17, 15) is 30.8 Å². The molecule has 186 valence electrons. The van der Waals surface area contributed by atoms with Crippen LogP contribution in [0.15, 0.2) is 41.8 Å². The number of anilines is 2. The average molecular weight is 512 g/mol. The van der Waals surface area contributed by atoms with Crippen LogP contribution in [-0.2, 0) is 29.0 Å². The van der Waals surface area contributed by atoms with E-state index in [1.165, 1.54) is 17.3 Å². The van der Waals surface area contributed by atoms with Crippen LogP contribution in [0.3, 0.4) is 0 Å². The maximum Gasteiger partial charge on any atom is 0.419 e. The summed E-state index contributed by atoms with van der Waals surface area (Å²) in [6.07, 6.45) is -1.21. The van der Waals surface area contributed by atoms with Crippen LogP contribution < -0.4 is 5.32 Å². The van der Waals surface area contributed by atoms with E-state index in [2.05, 4.69) is 20.3 Å². The van der Waals surface area contributed by atoms with Gasteiger partial charge in [-0.15, -0.1) is 0 Å². The first-order valence-corrected chi connectivity index (χ1v) is 12.3. The fraction of sp³-hybridized carbons (Fsp3) is 0.318. The number of imidazole rings is 1. The number of H-pyrrole nitrogens is 1. The van der Waals surface area contributed by atoms with E-state index in [1.54, 1.807) is 13.0 Å². The second-order valence-corrected chi connectivity index (χ2v) is 10.1. The van der Waals surface area contributed by atoms with Crippen molar-refractivity contribution in [1.82, 2.24) is 19.9 Å². The van der Waals surface area contributed by atoms with E-state index in [1.807, 2.05) is 0 Å². The molecule has 0 saturated carbocycles. The summed E-state index contributed by atoms with van der Waals surface area (Å²) < 4.78 is 76.4. The van der Waals surface area contributed by atoms with E-state index in [0.29, 0.717) is 36.8 Å². The van der Waals surface area contributed by atoms with Gasteiger partial charge in [0.2, 0.25) is 15.0 Å². The Labute approximate surface area is 198 Å². The smallest absolute Gasteiger partial charge is 0.354 e. The van der Waals surface area contributed by atoms with Crippen molar-refractivity contribution >= 4 is 27.1 Å². The third-order valence-electron chi connectivity index (χ3n) is 5.44. The van der Waals surface area contributed by atoms with Gasteiger partial charge in [-0.25, -0.2) is 17.8 Å². The number of sulfone groups is 1. The molecule has 0 radical (unpaired) electrons. The van der Waals surface area contributed by atoms with Crippen LogP contribution in [0.1, 0.15) is 40.7 Å². The number of aromatic amines is 1. The highest BCUT2D eigenvalue weighted by Gasteiger charge is 2.34. The van der Waals surface area contributed by atoms with Crippen molar-refractivity contribution in [2.45, 2.75) is 37.6 Å². The van der Waals surface area contributed by atoms with Gasteiger partial charge in [0.25, 0.3) is 5.91 Å². The predicted octanol–water partition coefficient (Wildman–Crippen LogP) is 4.09. The van der Waals surface area contributed by atoms with E-state index >= 15 is 0 Å². The third-order valence-corrected chi connectivity index (χ3v) is 7.19. The van der Waals surface area contributed by atoms with Gasteiger partial charge in [-0.3, -0.25) is 9.78 Å². The fourth-order valence-corrected chi connectivity index (χ4v) is 4.95. The number of fused-ring (bicyclic) bond motifs is 1. The molecule has 0 spiro atoms. The van der Waals surface area contributed by atoms with Gasteiger partial charge in [0.15, 0.2) is 0 Å². The standard InChI is InChI=1S/C22H21F4N5O3S/c1-2-7-35(33,34)21-28-11-18(30-21)20(32)31-6-5-13-8-15(10-27-19(13)12-31)29-14-3-4-16(17(23)9-14)22(24,25)26/h3-4,8-11,29H,2,5-7,12H2,1H3,(H,28,30). The molecule has 0 fully saturated rings. The molecule has 1 aliphatic heterocycles. The van der Waals surface area contributed by atoms with Crippen LogP contribution in [0.4, 0.5) is 28.9 Å². The molecule has 13 heteroatoms. The number of carbonyl (C=O) groups is 1. The molecule has 0 unspecified atom stereocenters. The highest BCUT2D eigenvalue weighted by molar-refractivity contribution is 7.91. The molecule has 3 aromatic rings. The molecule has 2 aromatic heterocycles. The number of hydrogen-bond donors (Lipinski definition) is 2. The Bertz CT molecular complexity index is 1370. The fourth-order valence-electron chi connectivity index (χ4n) is 3.74. The van der Waals surface area contributed by atoms with Crippen molar-refractivity contribution in [2.75, 3.05) is 17.6 Å². The number of rotatable bonds is 6. The molecule has 1 amide bonds. The van der Waals surface area contributed by atoms with Gasteiger partial charge in [0.05, 0.1) is 35.4 Å². The molecular formula is C22H21F4N5O3S. The maximum atomic E-state index is 13.8. The Hall–Kier alpha value is -3.48. The SMILES string of the molecule is CCCS(=O)(=O)c1nc(C(=O)N2CCc3cc(Nc4ccc(C(F)(F)F)c(F)c4)cnc3C2)c[nH]1. The van der Waals surface area contributed by atoms with Gasteiger partial charge in [-0.1, -0.05) is 6.92 Å². The number of hydrogen-bond acceptors (Lipinski definition) is 6. The maximum absolute atomic E-state index is 13.8. The highest BCUT2D eigenvalue weighted by Crippen LogP contribution is 2.33. The zero-order valence-corrected chi connectivity index (χ0v) is 19.3. The van der Waals surface area contributed by atoms with E-state index in [0.717, 1.165) is 17.7 Å². The first kappa shape index (κ1) is 24.6. The second-order valence-electron chi connectivity index (χ2n) is 8.03. The lowest BCUT2D eigenvalue weighted by Gasteiger charge is -2.28. The van der Waals surface area contributed by atoms with Gasteiger partial charge >= 0.3 is 6.18 Å². The minimum absolute atomic E-state index is 0.00857. The van der Waals surface area contributed by atoms with Crippen molar-refractivity contribution in [1.29, 1.82) is 0 Å². The summed E-state index contributed by atoms with van der Waals surface area (Å²) in [5.74, 6) is -1.90. The summed E-state index contributed by atoms with van der Waals surface area (Å²) in [5.41, 5.74) is 0.676. The van der Waals surface area contributed by atoms with Gasteiger partial charge in [-0.2, -0.15) is 13.2 Å². The minimum Gasteiger partial charge on any atom is -0.354 e. The van der Waals surface area contributed by atoms with Crippen LogP contribution in [0.25, 0.3) is 0 Å². The zero-order chi connectivity index (χ0) is 25.4. The Morgan fingerprint density at radius 3 is 2.69 bits per heavy atom. The molecule has 1 aromatic carbocycles. The lowest BCUT2D eigenvalue weighted by molar-refractivity contribution is -0.139. The molecule has 8 nitrogen and oxygen atoms in total. The van der Waals surface area contributed by atoms with E-state index in [4.69, 9.17) is 0 Å². The first-order valence-electron chi connectivity index (χ1n) is 10.7. The van der Waals surface area contributed by atoms with Gasteiger partial charge in [-0.05, 0) is 42.7 Å². The van der Waals surface area contributed by atoms with Crippen molar-refractivity contribution < 1.29 is 30.8 Å². The number of pyridine rings is 1. The number of nitrogens with one attached hydrogen (secondary N) is 2. The highest BCUT2D eigenvalue weighted by atomic mass is 32.2. The summed E-state index contributed by atoms with van der Waals surface area (Å²) in [4.78, 5) is 25.2. The largest absolute Gasteiger partial charge is 0.419 e. The minimum atomic E-state index is -4.78. The summed E-state index contributed by atoms with van der Waals surface area (Å²) in [5, 5.41) is 2.60. The van der Waals surface area contributed by atoms with Crippen molar-refractivity contribution in [3.05, 3.63) is 65.0 Å². The molecule has 3 heterocycles. The molecular weight excluding hydrogens is 490 g/mol. The van der Waals surface area contributed by atoms with Crippen LogP contribution in [0.5, 0.6) is 0 Å². The summed E-state index contributed by atoms with van der Waals surface area (Å²) >= 11 is 0. The molecule has 35 heavy (non-hydrogen) atoms. The van der Waals surface area contributed by atoms with E-state index in [-0.39, 0.29) is 28.8 Å². The number of halogens is 4. The number of carbonyl (C=O) groups excluding carboxylic acids is 1. The average Bonchev–Trinajstić information content (AvgIpc) is 3.29. The number of aromatic nitrogens is 3. The van der Waals surface area contributed by atoms with Crippen LogP contribution >= 0.6 is 0 Å². The lowest BCUT2D eigenvalue weighted by Crippen LogP contribution is -2.36. The quantitative estimate of drug-likeness (QED) is 0.483. The topological polar surface area (TPSA) is 108 Å². The first-order chi connectivity index (χ1) is 16.5. The molecule has 0 atom stereocenters. The Balaban J connectivity index is 1.45. The summed E-state index contributed by atoms with van der Waals surface area (Å²) in [6, 6.07) is 4.30. The van der Waals surface area contributed by atoms with Crippen molar-refractivity contribution in [3.8, 4) is 0 Å². The van der Waals surface area contributed by atoms with Crippen molar-refractivity contribution in [2.24, 2.45) is 0 Å². The van der Waals surface area contributed by atoms with Gasteiger partial charge < -0.3 is 15.2 Å². The molecule has 2 N–H and O–H groups in total. The lowest BCUT2D eigenvalue weighted by atomic mass is 10.0. The third kappa shape index (κ3) is 5.29. The number of benzene rings is 1. The van der Waals surface area contributed by atoms with Crippen LogP contribution in [-0.4, -0.2) is 46.5 Å². The molecule has 4 rings (SSSR count). The normalized spacial score (nSPS) is 14.0. The Morgan fingerprint density at radius 1 is 1.23 bits per heavy atom. The van der Waals surface area contributed by atoms with E-state index < -0.39 is 33.3 Å². The van der Waals surface area contributed by atoms with Crippen LogP contribution in [0.2, 0.25) is 0 Å². The van der Waals surface area contributed by atoms with Gasteiger partial charge in [0.1, 0.15) is 11.5 Å². The van der Waals surface area contributed by atoms with Crippen molar-refractivity contribution in [3.63, 3.8) is 0 Å².